The summed E-state index contributed by atoms with van der Waals surface area (Å²) in [5.74, 6) is -1.77. The van der Waals surface area contributed by atoms with Gasteiger partial charge < -0.3 is 5.11 Å². The number of carboxylic acid groups (broad SMARTS) is 1. The van der Waals surface area contributed by atoms with Gasteiger partial charge in [0.15, 0.2) is 0 Å². The Balaban J connectivity index is 2.19. The summed E-state index contributed by atoms with van der Waals surface area (Å²) < 4.78 is 14.5. The van der Waals surface area contributed by atoms with E-state index in [2.05, 4.69) is 10.3 Å². The van der Waals surface area contributed by atoms with E-state index in [1.165, 1.54) is 16.9 Å². The lowest BCUT2D eigenvalue weighted by Crippen LogP contribution is -2.02. The van der Waals surface area contributed by atoms with Gasteiger partial charge >= 0.3 is 5.97 Å². The van der Waals surface area contributed by atoms with E-state index in [0.29, 0.717) is 5.56 Å². The summed E-state index contributed by atoms with van der Waals surface area (Å²) in [5, 5.41) is 26.5. The van der Waals surface area contributed by atoms with E-state index in [0.717, 1.165) is 12.1 Å². The van der Waals surface area contributed by atoms with Crippen LogP contribution >= 0.6 is 0 Å². The van der Waals surface area contributed by atoms with Gasteiger partial charge in [0.25, 0.3) is 5.69 Å². The molecule has 0 fully saturated rings. The van der Waals surface area contributed by atoms with Crippen LogP contribution in [0.4, 0.5) is 10.1 Å². The van der Waals surface area contributed by atoms with Gasteiger partial charge in [-0.15, -0.1) is 5.10 Å². The van der Waals surface area contributed by atoms with Crippen molar-refractivity contribution in [2.45, 2.75) is 13.0 Å². The molecule has 0 saturated carbocycles. The van der Waals surface area contributed by atoms with Gasteiger partial charge in [0, 0.05) is 12.3 Å². The van der Waals surface area contributed by atoms with Gasteiger partial charge in [-0.05, 0) is 11.6 Å². The molecule has 0 saturated heterocycles. The summed E-state index contributed by atoms with van der Waals surface area (Å²) in [5.41, 5.74) is 0.234. The van der Waals surface area contributed by atoms with Crippen molar-refractivity contribution in [2.75, 3.05) is 0 Å². The molecule has 0 atom stereocenters. The number of hydrogen-bond acceptors (Lipinski definition) is 5. The van der Waals surface area contributed by atoms with Crippen LogP contribution in [0.3, 0.4) is 0 Å². The minimum Gasteiger partial charge on any atom is -0.481 e. The largest absolute Gasteiger partial charge is 0.481 e. The van der Waals surface area contributed by atoms with Crippen LogP contribution < -0.4 is 0 Å². The molecule has 0 bridgehead atoms. The van der Waals surface area contributed by atoms with Crippen molar-refractivity contribution in [3.8, 4) is 0 Å². The zero-order valence-corrected chi connectivity index (χ0v) is 10.1. The van der Waals surface area contributed by atoms with Crippen molar-refractivity contribution >= 4 is 11.7 Å². The summed E-state index contributed by atoms with van der Waals surface area (Å²) in [6, 6.07) is 3.19. The lowest BCUT2D eigenvalue weighted by Gasteiger charge is -2.01. The molecule has 0 spiro atoms. The average Bonchev–Trinajstić information content (AvgIpc) is 2.74. The van der Waals surface area contributed by atoms with Gasteiger partial charge in [-0.25, -0.2) is 9.07 Å². The fourth-order valence-corrected chi connectivity index (χ4v) is 1.67. The smallest absolute Gasteiger partial charge is 0.309 e. The summed E-state index contributed by atoms with van der Waals surface area (Å²) in [6.07, 6.45) is 1.12. The third kappa shape index (κ3) is 3.34. The number of carboxylic acids is 1. The van der Waals surface area contributed by atoms with E-state index < -0.39 is 16.7 Å². The summed E-state index contributed by atoms with van der Waals surface area (Å²) >= 11 is 0. The van der Waals surface area contributed by atoms with E-state index in [4.69, 9.17) is 5.11 Å². The first kappa shape index (κ1) is 13.6. The van der Waals surface area contributed by atoms with Crippen molar-refractivity contribution in [3.05, 3.63) is 51.6 Å². The van der Waals surface area contributed by atoms with Crippen molar-refractivity contribution in [1.29, 1.82) is 0 Å². The summed E-state index contributed by atoms with van der Waals surface area (Å²) in [6.45, 7) is 0.0607. The number of non-ortho nitro benzene ring substituents is 1. The minimum atomic E-state index is -1.04. The highest BCUT2D eigenvalue weighted by molar-refractivity contribution is 5.69. The summed E-state index contributed by atoms with van der Waals surface area (Å²) in [7, 11) is 0. The molecule has 0 aliphatic heterocycles. The van der Waals surface area contributed by atoms with Crippen molar-refractivity contribution < 1.29 is 19.2 Å². The van der Waals surface area contributed by atoms with E-state index in [1.54, 1.807) is 0 Å². The maximum atomic E-state index is 13.2. The number of aliphatic carboxylic acids is 1. The molecular formula is C11H9FN4O4. The maximum Gasteiger partial charge on any atom is 0.309 e. The van der Waals surface area contributed by atoms with Crippen LogP contribution in [0.25, 0.3) is 0 Å². The van der Waals surface area contributed by atoms with Crippen LogP contribution in [0.5, 0.6) is 0 Å². The highest BCUT2D eigenvalue weighted by atomic mass is 19.1. The number of benzene rings is 1. The second-order valence-corrected chi connectivity index (χ2v) is 4.05. The molecule has 1 heterocycles. The Kier molecular flexibility index (Phi) is 3.69. The predicted octanol–water partition coefficient (Wildman–Crippen LogP) is 1.00. The highest BCUT2D eigenvalue weighted by Crippen LogP contribution is 2.17. The molecule has 20 heavy (non-hydrogen) atoms. The second-order valence-electron chi connectivity index (χ2n) is 4.05. The number of hydrogen-bond donors (Lipinski definition) is 1. The van der Waals surface area contributed by atoms with E-state index in [9.17, 15) is 19.3 Å². The third-order valence-corrected chi connectivity index (χ3v) is 2.42. The van der Waals surface area contributed by atoms with Gasteiger partial charge in [0.2, 0.25) is 0 Å². The van der Waals surface area contributed by atoms with Crippen LogP contribution in [0.2, 0.25) is 0 Å². The molecule has 9 heteroatoms. The molecule has 2 aromatic rings. The van der Waals surface area contributed by atoms with Crippen molar-refractivity contribution in [2.24, 2.45) is 0 Å². The van der Waals surface area contributed by atoms with Crippen LogP contribution in [0.1, 0.15) is 11.3 Å². The number of rotatable bonds is 5. The zero-order valence-electron chi connectivity index (χ0n) is 10.1. The maximum absolute atomic E-state index is 13.2. The Morgan fingerprint density at radius 2 is 2.20 bits per heavy atom. The first-order chi connectivity index (χ1) is 9.44. The van der Waals surface area contributed by atoms with Crippen molar-refractivity contribution in [1.82, 2.24) is 15.0 Å². The Morgan fingerprint density at radius 1 is 1.45 bits per heavy atom. The minimum absolute atomic E-state index is 0.0607. The van der Waals surface area contributed by atoms with Gasteiger partial charge in [-0.1, -0.05) is 5.21 Å². The monoisotopic (exact) mass is 280 g/mol. The molecule has 1 aromatic carbocycles. The average molecular weight is 280 g/mol. The molecule has 2 rings (SSSR count). The molecule has 0 amide bonds. The fraction of sp³-hybridized carbons (Fsp3) is 0.182. The van der Waals surface area contributed by atoms with E-state index in [-0.39, 0.29) is 24.3 Å². The first-order valence-electron chi connectivity index (χ1n) is 5.48. The molecule has 0 aliphatic rings. The van der Waals surface area contributed by atoms with Gasteiger partial charge in [0.05, 0.1) is 29.6 Å². The van der Waals surface area contributed by atoms with Crippen LogP contribution in [-0.2, 0) is 17.8 Å². The molecule has 104 valence electrons. The van der Waals surface area contributed by atoms with Gasteiger partial charge in [0.1, 0.15) is 5.82 Å². The quantitative estimate of drug-likeness (QED) is 0.646. The molecule has 0 unspecified atom stereocenters. The van der Waals surface area contributed by atoms with Crippen LogP contribution in [0, 0.1) is 15.9 Å². The lowest BCUT2D eigenvalue weighted by molar-refractivity contribution is -0.385. The standard InChI is InChI=1S/C11H9FN4O4/c12-8-1-7(2-10(3-8)16(19)20)5-15-6-9(13-14-15)4-11(17)18/h1-3,6H,4-5H2,(H,17,18). The fourth-order valence-electron chi connectivity index (χ4n) is 1.67. The number of carbonyl (C=O) groups is 1. The topological polar surface area (TPSA) is 111 Å². The number of aromatic nitrogens is 3. The molecule has 0 aliphatic carbocycles. The molecular weight excluding hydrogens is 271 g/mol. The number of nitro benzene ring substituents is 1. The number of halogens is 1. The Morgan fingerprint density at radius 3 is 2.85 bits per heavy atom. The van der Waals surface area contributed by atoms with Crippen LogP contribution in [-0.4, -0.2) is 31.0 Å². The Bertz CT molecular complexity index is 670. The Hall–Kier alpha value is -2.84. The zero-order chi connectivity index (χ0) is 14.7. The predicted molar refractivity (Wildman–Crippen MR) is 63.5 cm³/mol. The highest BCUT2D eigenvalue weighted by Gasteiger charge is 2.11. The van der Waals surface area contributed by atoms with Crippen molar-refractivity contribution in [3.63, 3.8) is 0 Å². The first-order valence-corrected chi connectivity index (χ1v) is 5.48. The Labute approximate surface area is 111 Å². The van der Waals surface area contributed by atoms with E-state index in [1.807, 2.05) is 0 Å². The number of nitro groups is 1. The SMILES string of the molecule is O=C(O)Cc1cn(Cc2cc(F)cc([N+](=O)[O-])c2)nn1. The summed E-state index contributed by atoms with van der Waals surface area (Å²) in [4.78, 5) is 20.4. The molecule has 0 radical (unpaired) electrons. The lowest BCUT2D eigenvalue weighted by atomic mass is 10.2. The second kappa shape index (κ2) is 5.43. The molecule has 8 nitrogen and oxygen atoms in total. The molecule has 1 aromatic heterocycles. The number of nitrogens with zero attached hydrogens (tertiary/aromatic N) is 4. The normalized spacial score (nSPS) is 10.4. The van der Waals surface area contributed by atoms with Gasteiger partial charge in [-0.2, -0.15) is 0 Å². The van der Waals surface area contributed by atoms with Gasteiger partial charge in [-0.3, -0.25) is 14.9 Å². The third-order valence-electron chi connectivity index (χ3n) is 2.42. The molecule has 1 N–H and O–H groups in total. The van der Waals surface area contributed by atoms with E-state index >= 15 is 0 Å². The van der Waals surface area contributed by atoms with Crippen LogP contribution in [0.15, 0.2) is 24.4 Å².